The number of aliphatic hydroxyl groups is 1. The summed E-state index contributed by atoms with van der Waals surface area (Å²) in [4.78, 5) is 0. The molecule has 0 aliphatic carbocycles. The van der Waals surface area contributed by atoms with Crippen LogP contribution in [0.2, 0.25) is 0 Å². The maximum atomic E-state index is 8.80. The Morgan fingerprint density at radius 1 is 1.50 bits per heavy atom. The largest absolute Gasteiger partial charge is 0.396 e. The summed E-state index contributed by atoms with van der Waals surface area (Å²) in [5.74, 6) is 0. The molecule has 5 nitrogen and oxygen atoms in total. The van der Waals surface area contributed by atoms with Crippen molar-refractivity contribution >= 4 is 5.52 Å². The van der Waals surface area contributed by atoms with Gasteiger partial charge in [-0.3, -0.25) is 0 Å². The van der Waals surface area contributed by atoms with Gasteiger partial charge in [0.15, 0.2) is 0 Å². The summed E-state index contributed by atoms with van der Waals surface area (Å²) < 4.78 is 1.69. The number of pyridine rings is 1. The molecule has 1 atom stereocenters. The van der Waals surface area contributed by atoms with Crippen molar-refractivity contribution in [3.05, 3.63) is 30.1 Å². The lowest BCUT2D eigenvalue weighted by Crippen LogP contribution is -2.16. The van der Waals surface area contributed by atoms with Crippen LogP contribution in [-0.4, -0.2) is 26.5 Å². The number of nitrogens with zero attached hydrogens (tertiary/aromatic N) is 3. The molecule has 0 bridgehead atoms. The van der Waals surface area contributed by atoms with E-state index in [4.69, 9.17) is 10.8 Å². The average Bonchev–Trinajstić information content (AvgIpc) is 2.65. The first-order chi connectivity index (χ1) is 6.83. The molecule has 2 rings (SSSR count). The second-order valence-corrected chi connectivity index (χ2v) is 3.14. The summed E-state index contributed by atoms with van der Waals surface area (Å²) >= 11 is 0. The third-order valence-electron chi connectivity index (χ3n) is 2.17. The van der Waals surface area contributed by atoms with Crippen LogP contribution in [0.25, 0.3) is 5.52 Å². The molecular formula is C9H12N4O. The van der Waals surface area contributed by atoms with E-state index < -0.39 is 0 Å². The number of nitrogens with two attached hydrogens (primary N) is 1. The molecule has 0 saturated carbocycles. The molecule has 74 valence electrons. The molecule has 0 saturated heterocycles. The summed E-state index contributed by atoms with van der Waals surface area (Å²) in [5.41, 5.74) is 7.66. The van der Waals surface area contributed by atoms with E-state index in [1.807, 2.05) is 18.2 Å². The van der Waals surface area contributed by atoms with Crippen molar-refractivity contribution in [3.8, 4) is 0 Å². The SMILES string of the molecule is NC(CCO)c1cccc2cnnn12. The van der Waals surface area contributed by atoms with Crippen LogP contribution in [-0.2, 0) is 0 Å². The predicted octanol–water partition coefficient (Wildman–Crippen LogP) is 0.111. The van der Waals surface area contributed by atoms with Crippen LogP contribution in [0.4, 0.5) is 0 Å². The van der Waals surface area contributed by atoms with Gasteiger partial charge in [-0.15, -0.1) is 5.10 Å². The summed E-state index contributed by atoms with van der Waals surface area (Å²) in [6, 6.07) is 5.51. The number of fused-ring (bicyclic) bond motifs is 1. The second kappa shape index (κ2) is 3.73. The fourth-order valence-electron chi connectivity index (χ4n) is 1.44. The summed E-state index contributed by atoms with van der Waals surface area (Å²) in [5, 5.41) is 16.5. The fourth-order valence-corrected chi connectivity index (χ4v) is 1.44. The molecule has 0 amide bonds. The molecule has 1 unspecified atom stereocenters. The molecule has 3 N–H and O–H groups in total. The van der Waals surface area contributed by atoms with Gasteiger partial charge in [-0.1, -0.05) is 11.3 Å². The Balaban J connectivity index is 2.45. The van der Waals surface area contributed by atoms with Gasteiger partial charge >= 0.3 is 0 Å². The first-order valence-electron chi connectivity index (χ1n) is 4.48. The lowest BCUT2D eigenvalue weighted by molar-refractivity contribution is 0.275. The smallest absolute Gasteiger partial charge is 0.0868 e. The number of rotatable bonds is 3. The molecule has 0 aliphatic heterocycles. The number of aliphatic hydroxyl groups excluding tert-OH is 1. The van der Waals surface area contributed by atoms with Crippen molar-refractivity contribution in [2.24, 2.45) is 5.73 Å². The van der Waals surface area contributed by atoms with E-state index in [1.165, 1.54) is 0 Å². The van der Waals surface area contributed by atoms with Crippen LogP contribution in [0.3, 0.4) is 0 Å². The number of aromatic nitrogens is 3. The molecule has 5 heteroatoms. The van der Waals surface area contributed by atoms with Gasteiger partial charge in [-0.25, -0.2) is 4.52 Å². The Bertz CT molecular complexity index is 425. The molecular weight excluding hydrogens is 180 g/mol. The van der Waals surface area contributed by atoms with E-state index in [2.05, 4.69) is 10.3 Å². The average molecular weight is 192 g/mol. The molecule has 2 aromatic heterocycles. The molecule has 0 radical (unpaired) electrons. The maximum absolute atomic E-state index is 8.80. The zero-order chi connectivity index (χ0) is 9.97. The van der Waals surface area contributed by atoms with Gasteiger partial charge in [0.1, 0.15) is 0 Å². The first-order valence-corrected chi connectivity index (χ1v) is 4.48. The molecule has 2 aromatic rings. The summed E-state index contributed by atoms with van der Waals surface area (Å²) in [7, 11) is 0. The van der Waals surface area contributed by atoms with E-state index in [0.717, 1.165) is 11.2 Å². The van der Waals surface area contributed by atoms with Crippen LogP contribution in [0.1, 0.15) is 18.2 Å². The molecule has 0 aromatic carbocycles. The molecule has 2 heterocycles. The van der Waals surface area contributed by atoms with Gasteiger partial charge < -0.3 is 10.8 Å². The Hall–Kier alpha value is -1.46. The van der Waals surface area contributed by atoms with E-state index in [1.54, 1.807) is 10.7 Å². The van der Waals surface area contributed by atoms with Gasteiger partial charge in [-0.05, 0) is 18.6 Å². The van der Waals surface area contributed by atoms with Crippen LogP contribution < -0.4 is 5.73 Å². The van der Waals surface area contributed by atoms with Crippen molar-refractivity contribution in [1.82, 2.24) is 14.8 Å². The zero-order valence-electron chi connectivity index (χ0n) is 7.67. The monoisotopic (exact) mass is 192 g/mol. The Kier molecular flexibility index (Phi) is 2.43. The zero-order valence-corrected chi connectivity index (χ0v) is 7.67. The quantitative estimate of drug-likeness (QED) is 0.723. The highest BCUT2D eigenvalue weighted by atomic mass is 16.3. The molecule has 14 heavy (non-hydrogen) atoms. The van der Waals surface area contributed by atoms with Gasteiger partial charge in [0, 0.05) is 12.6 Å². The van der Waals surface area contributed by atoms with Gasteiger partial charge in [0.05, 0.1) is 17.4 Å². The molecule has 0 fully saturated rings. The lowest BCUT2D eigenvalue weighted by Gasteiger charge is -2.10. The highest BCUT2D eigenvalue weighted by Crippen LogP contribution is 2.14. The van der Waals surface area contributed by atoms with Crippen molar-refractivity contribution in [3.63, 3.8) is 0 Å². The van der Waals surface area contributed by atoms with Gasteiger partial charge in [0.2, 0.25) is 0 Å². The van der Waals surface area contributed by atoms with Crippen molar-refractivity contribution in [1.29, 1.82) is 0 Å². The number of hydrogen-bond donors (Lipinski definition) is 2. The first kappa shape index (κ1) is 9.11. The standard InChI is InChI=1S/C9H12N4O/c10-8(4-5-14)9-3-1-2-7-6-11-12-13(7)9/h1-3,6,8,14H,4-5,10H2. The Morgan fingerprint density at radius 3 is 3.14 bits per heavy atom. The van der Waals surface area contributed by atoms with Crippen molar-refractivity contribution in [2.45, 2.75) is 12.5 Å². The van der Waals surface area contributed by atoms with Crippen molar-refractivity contribution < 1.29 is 5.11 Å². The van der Waals surface area contributed by atoms with Crippen LogP contribution in [0.5, 0.6) is 0 Å². The normalized spacial score (nSPS) is 13.3. The summed E-state index contributed by atoms with van der Waals surface area (Å²) in [6.45, 7) is 0.0756. The van der Waals surface area contributed by atoms with Crippen LogP contribution in [0, 0.1) is 0 Å². The van der Waals surface area contributed by atoms with Crippen LogP contribution >= 0.6 is 0 Å². The summed E-state index contributed by atoms with van der Waals surface area (Å²) in [6.07, 6.45) is 2.20. The third-order valence-corrected chi connectivity index (χ3v) is 2.17. The van der Waals surface area contributed by atoms with E-state index in [9.17, 15) is 0 Å². The maximum Gasteiger partial charge on any atom is 0.0868 e. The van der Waals surface area contributed by atoms with Gasteiger partial charge in [0.25, 0.3) is 0 Å². The fraction of sp³-hybridized carbons (Fsp3) is 0.333. The van der Waals surface area contributed by atoms with Crippen molar-refractivity contribution in [2.75, 3.05) is 6.61 Å². The minimum absolute atomic E-state index is 0.0756. The Morgan fingerprint density at radius 2 is 2.36 bits per heavy atom. The van der Waals surface area contributed by atoms with E-state index in [0.29, 0.717) is 6.42 Å². The van der Waals surface area contributed by atoms with Gasteiger partial charge in [-0.2, -0.15) is 0 Å². The van der Waals surface area contributed by atoms with Crippen LogP contribution in [0.15, 0.2) is 24.4 Å². The third kappa shape index (κ3) is 1.47. The van der Waals surface area contributed by atoms with E-state index in [-0.39, 0.29) is 12.6 Å². The second-order valence-electron chi connectivity index (χ2n) is 3.14. The lowest BCUT2D eigenvalue weighted by atomic mass is 10.1. The minimum Gasteiger partial charge on any atom is -0.396 e. The number of hydrogen-bond acceptors (Lipinski definition) is 4. The highest BCUT2D eigenvalue weighted by Gasteiger charge is 2.09. The minimum atomic E-state index is -0.203. The molecule has 0 aliphatic rings. The Labute approximate surface area is 81.2 Å². The highest BCUT2D eigenvalue weighted by molar-refractivity contribution is 5.44. The predicted molar refractivity (Wildman–Crippen MR) is 51.6 cm³/mol. The van der Waals surface area contributed by atoms with E-state index >= 15 is 0 Å². The topological polar surface area (TPSA) is 76.4 Å². The molecule has 0 spiro atoms.